The van der Waals surface area contributed by atoms with Crippen LogP contribution in [0.3, 0.4) is 0 Å². The maximum Gasteiger partial charge on any atom is 0.255 e. The van der Waals surface area contributed by atoms with Gasteiger partial charge in [0.2, 0.25) is 5.91 Å². The quantitative estimate of drug-likeness (QED) is 0.698. The summed E-state index contributed by atoms with van der Waals surface area (Å²) in [6.07, 6.45) is 0. The SMILES string of the molecule is CCOc1ccccc1C(=O)NCC(=O)Nc1nc2ccc(C)cc2s1. The summed E-state index contributed by atoms with van der Waals surface area (Å²) in [4.78, 5) is 28.8. The molecule has 0 atom stereocenters. The molecular formula is C19H19N3O3S. The first-order valence-corrected chi connectivity index (χ1v) is 9.05. The third-order valence-corrected chi connectivity index (χ3v) is 4.56. The number of thiazole rings is 1. The Morgan fingerprint density at radius 1 is 1.19 bits per heavy atom. The van der Waals surface area contributed by atoms with Gasteiger partial charge in [-0.3, -0.25) is 9.59 Å². The molecule has 1 heterocycles. The third kappa shape index (κ3) is 4.18. The number of nitrogens with one attached hydrogen (secondary N) is 2. The highest BCUT2D eigenvalue weighted by Gasteiger charge is 2.14. The number of carbonyl (C=O) groups is 2. The van der Waals surface area contributed by atoms with Crippen molar-refractivity contribution in [2.75, 3.05) is 18.5 Å². The fraction of sp³-hybridized carbons (Fsp3) is 0.211. The zero-order chi connectivity index (χ0) is 18.5. The van der Waals surface area contributed by atoms with E-state index < -0.39 is 0 Å². The van der Waals surface area contributed by atoms with Gasteiger partial charge >= 0.3 is 0 Å². The van der Waals surface area contributed by atoms with E-state index in [1.165, 1.54) is 11.3 Å². The van der Waals surface area contributed by atoms with Gasteiger partial charge in [-0.1, -0.05) is 29.5 Å². The van der Waals surface area contributed by atoms with Gasteiger partial charge < -0.3 is 15.4 Å². The van der Waals surface area contributed by atoms with Crippen molar-refractivity contribution < 1.29 is 14.3 Å². The molecule has 1 aromatic heterocycles. The Morgan fingerprint density at radius 2 is 2.00 bits per heavy atom. The van der Waals surface area contributed by atoms with Crippen LogP contribution in [0.1, 0.15) is 22.8 Å². The van der Waals surface area contributed by atoms with Gasteiger partial charge in [0.1, 0.15) is 5.75 Å². The number of ether oxygens (including phenoxy) is 1. The average molecular weight is 369 g/mol. The minimum absolute atomic E-state index is 0.145. The van der Waals surface area contributed by atoms with Crippen LogP contribution in [0.5, 0.6) is 5.75 Å². The van der Waals surface area contributed by atoms with Crippen molar-refractivity contribution in [1.82, 2.24) is 10.3 Å². The number of nitrogens with zero attached hydrogens (tertiary/aromatic N) is 1. The van der Waals surface area contributed by atoms with Crippen molar-refractivity contribution in [1.29, 1.82) is 0 Å². The molecule has 0 unspecified atom stereocenters. The predicted octanol–water partition coefficient (Wildman–Crippen LogP) is 3.37. The molecule has 6 nitrogen and oxygen atoms in total. The van der Waals surface area contributed by atoms with Crippen LogP contribution >= 0.6 is 11.3 Å². The fourth-order valence-corrected chi connectivity index (χ4v) is 3.42. The summed E-state index contributed by atoms with van der Waals surface area (Å²) >= 11 is 1.40. The number of hydrogen-bond acceptors (Lipinski definition) is 5. The van der Waals surface area contributed by atoms with Crippen LogP contribution in [0.15, 0.2) is 42.5 Å². The van der Waals surface area contributed by atoms with Crippen LogP contribution < -0.4 is 15.4 Å². The largest absolute Gasteiger partial charge is 0.493 e. The smallest absolute Gasteiger partial charge is 0.255 e. The molecular weight excluding hydrogens is 350 g/mol. The molecule has 0 aliphatic rings. The molecule has 2 aromatic carbocycles. The highest BCUT2D eigenvalue weighted by atomic mass is 32.1. The van der Waals surface area contributed by atoms with Crippen molar-refractivity contribution in [2.45, 2.75) is 13.8 Å². The lowest BCUT2D eigenvalue weighted by Gasteiger charge is -2.10. The summed E-state index contributed by atoms with van der Waals surface area (Å²) in [5.41, 5.74) is 2.38. The molecule has 26 heavy (non-hydrogen) atoms. The maximum atomic E-state index is 12.3. The van der Waals surface area contributed by atoms with Gasteiger partial charge in [0.05, 0.1) is 28.9 Å². The second-order valence-electron chi connectivity index (χ2n) is 5.65. The van der Waals surface area contributed by atoms with E-state index in [1.807, 2.05) is 32.0 Å². The van der Waals surface area contributed by atoms with Crippen molar-refractivity contribution in [3.8, 4) is 5.75 Å². The highest BCUT2D eigenvalue weighted by Crippen LogP contribution is 2.26. The number of amides is 2. The second-order valence-corrected chi connectivity index (χ2v) is 6.68. The van der Waals surface area contributed by atoms with Gasteiger partial charge in [-0.15, -0.1) is 0 Å². The maximum absolute atomic E-state index is 12.3. The van der Waals surface area contributed by atoms with Gasteiger partial charge in [0, 0.05) is 0 Å². The Hall–Kier alpha value is -2.93. The summed E-state index contributed by atoms with van der Waals surface area (Å²) in [6.45, 7) is 4.17. The van der Waals surface area contributed by atoms with Gasteiger partial charge in [-0.2, -0.15) is 0 Å². The number of hydrogen-bond donors (Lipinski definition) is 2. The summed E-state index contributed by atoms with van der Waals surface area (Å²) in [7, 11) is 0. The molecule has 0 aliphatic heterocycles. The molecule has 3 rings (SSSR count). The van der Waals surface area contributed by atoms with Crippen molar-refractivity contribution in [3.63, 3.8) is 0 Å². The van der Waals surface area contributed by atoms with Crippen LogP contribution in [0.2, 0.25) is 0 Å². The first-order chi connectivity index (χ1) is 12.6. The standard InChI is InChI=1S/C19H19N3O3S/c1-3-25-15-7-5-4-6-13(15)18(24)20-11-17(23)22-19-21-14-9-8-12(2)10-16(14)26-19/h4-10H,3,11H2,1-2H3,(H,20,24)(H,21,22,23). The fourth-order valence-electron chi connectivity index (χ4n) is 2.44. The van der Waals surface area contributed by atoms with Gasteiger partial charge in [0.15, 0.2) is 5.13 Å². The molecule has 0 saturated carbocycles. The van der Waals surface area contributed by atoms with Crippen LogP contribution in [0, 0.1) is 6.92 Å². The second kappa shape index (κ2) is 7.97. The number of rotatable bonds is 6. The van der Waals surface area contributed by atoms with Crippen LogP contribution in [-0.4, -0.2) is 29.9 Å². The molecule has 0 aliphatic carbocycles. The van der Waals surface area contributed by atoms with Gasteiger partial charge in [-0.05, 0) is 43.7 Å². The lowest BCUT2D eigenvalue weighted by molar-refractivity contribution is -0.115. The number of aryl methyl sites for hydroxylation is 1. The predicted molar refractivity (Wildman–Crippen MR) is 103 cm³/mol. The van der Waals surface area contributed by atoms with Crippen LogP contribution in [0.25, 0.3) is 10.2 Å². The van der Waals surface area contributed by atoms with Gasteiger partial charge in [0.25, 0.3) is 5.91 Å². The third-order valence-electron chi connectivity index (χ3n) is 3.63. The Bertz CT molecular complexity index is 952. The number of para-hydroxylation sites is 1. The van der Waals surface area contributed by atoms with Crippen LogP contribution in [0.4, 0.5) is 5.13 Å². The lowest BCUT2D eigenvalue weighted by atomic mass is 10.2. The monoisotopic (exact) mass is 369 g/mol. The minimum Gasteiger partial charge on any atom is -0.493 e. The lowest BCUT2D eigenvalue weighted by Crippen LogP contribution is -2.33. The minimum atomic E-state index is -0.357. The molecule has 0 radical (unpaired) electrons. The summed E-state index contributed by atoms with van der Waals surface area (Å²) in [5.74, 6) is -0.193. The topological polar surface area (TPSA) is 80.3 Å². The molecule has 0 spiro atoms. The zero-order valence-corrected chi connectivity index (χ0v) is 15.4. The number of anilines is 1. The highest BCUT2D eigenvalue weighted by molar-refractivity contribution is 7.22. The molecule has 0 bridgehead atoms. The average Bonchev–Trinajstić information content (AvgIpc) is 3.01. The molecule has 2 N–H and O–H groups in total. The molecule has 134 valence electrons. The Labute approximate surface area is 155 Å². The van der Waals surface area contributed by atoms with E-state index in [0.717, 1.165) is 15.8 Å². The Morgan fingerprint density at radius 3 is 2.81 bits per heavy atom. The van der Waals surface area contributed by atoms with E-state index in [2.05, 4.69) is 15.6 Å². The van der Waals surface area contributed by atoms with E-state index in [0.29, 0.717) is 23.1 Å². The number of carbonyl (C=O) groups excluding carboxylic acids is 2. The molecule has 0 fully saturated rings. The van der Waals surface area contributed by atoms with E-state index in [1.54, 1.807) is 24.3 Å². The van der Waals surface area contributed by atoms with E-state index in [9.17, 15) is 9.59 Å². The normalized spacial score (nSPS) is 10.5. The summed E-state index contributed by atoms with van der Waals surface area (Å²) in [6, 6.07) is 12.8. The number of benzene rings is 2. The van der Waals surface area contributed by atoms with E-state index in [-0.39, 0.29) is 18.4 Å². The summed E-state index contributed by atoms with van der Waals surface area (Å²) in [5, 5.41) is 5.84. The van der Waals surface area contributed by atoms with Crippen LogP contribution in [-0.2, 0) is 4.79 Å². The van der Waals surface area contributed by atoms with E-state index in [4.69, 9.17) is 4.74 Å². The van der Waals surface area contributed by atoms with E-state index >= 15 is 0 Å². The molecule has 7 heteroatoms. The molecule has 2 amide bonds. The molecule has 3 aromatic rings. The van der Waals surface area contributed by atoms with Crippen molar-refractivity contribution in [3.05, 3.63) is 53.6 Å². The molecule has 0 saturated heterocycles. The number of aromatic nitrogens is 1. The summed E-state index contributed by atoms with van der Waals surface area (Å²) < 4.78 is 6.44. The first-order valence-electron chi connectivity index (χ1n) is 8.24. The van der Waals surface area contributed by atoms with Crippen molar-refractivity contribution >= 4 is 38.5 Å². The van der Waals surface area contributed by atoms with Crippen molar-refractivity contribution in [2.24, 2.45) is 0 Å². The zero-order valence-electron chi connectivity index (χ0n) is 14.5. The Balaban J connectivity index is 1.60. The first kappa shape index (κ1) is 17.9. The van der Waals surface area contributed by atoms with Gasteiger partial charge in [-0.25, -0.2) is 4.98 Å². The Kier molecular flexibility index (Phi) is 5.48. The number of fused-ring (bicyclic) bond motifs is 1.